The summed E-state index contributed by atoms with van der Waals surface area (Å²) in [6.07, 6.45) is 0.639. The van der Waals surface area contributed by atoms with Crippen LogP contribution in [0.15, 0.2) is 18.2 Å². The van der Waals surface area contributed by atoms with Gasteiger partial charge in [0.05, 0.1) is 13.2 Å². The minimum atomic E-state index is -0.466. The molecule has 5 heteroatoms. The van der Waals surface area contributed by atoms with Crippen LogP contribution in [-0.2, 0) is 22.4 Å². The molecule has 1 fully saturated rings. The van der Waals surface area contributed by atoms with Crippen molar-refractivity contribution in [3.05, 3.63) is 29.3 Å². The molecule has 0 aliphatic carbocycles. The highest BCUT2D eigenvalue weighted by Gasteiger charge is 2.32. The number of carbonyl (C=O) groups excluding carboxylic acids is 1. The minimum absolute atomic E-state index is 0.134. The van der Waals surface area contributed by atoms with Crippen LogP contribution in [0.2, 0.25) is 0 Å². The second-order valence-electron chi connectivity index (χ2n) is 7.68. The molecule has 1 atom stereocenters. The predicted molar refractivity (Wildman–Crippen MR) is 94.4 cm³/mol. The fourth-order valence-corrected chi connectivity index (χ4v) is 3.42. The van der Waals surface area contributed by atoms with Gasteiger partial charge in [-0.25, -0.2) is 4.79 Å². The summed E-state index contributed by atoms with van der Waals surface area (Å²) in [5.41, 5.74) is 3.42. The number of hydrogen-bond donors (Lipinski definition) is 0. The van der Waals surface area contributed by atoms with Crippen LogP contribution in [0.25, 0.3) is 0 Å². The summed E-state index contributed by atoms with van der Waals surface area (Å²) in [5, 5.41) is 0. The van der Waals surface area contributed by atoms with Crippen LogP contribution in [0.3, 0.4) is 0 Å². The fraction of sp³-hybridized carbons (Fsp3) is 0.632. The summed E-state index contributed by atoms with van der Waals surface area (Å²) in [5.74, 6) is 0. The lowest BCUT2D eigenvalue weighted by molar-refractivity contribution is 0.0138. The van der Waals surface area contributed by atoms with Crippen LogP contribution in [-0.4, -0.2) is 48.9 Å². The summed E-state index contributed by atoms with van der Waals surface area (Å²) in [7, 11) is 0. The third-order valence-corrected chi connectivity index (χ3v) is 4.60. The number of ether oxygens (including phenoxy) is 2. The van der Waals surface area contributed by atoms with E-state index in [9.17, 15) is 4.79 Å². The monoisotopic (exact) mass is 332 g/mol. The maximum Gasteiger partial charge on any atom is 0.410 e. The predicted octanol–water partition coefficient (Wildman–Crippen LogP) is 3.20. The molecule has 0 saturated carbocycles. The lowest BCUT2D eigenvalue weighted by Crippen LogP contribution is -2.46. The first-order valence-corrected chi connectivity index (χ1v) is 8.78. The molecule has 0 aromatic heterocycles. The van der Waals surface area contributed by atoms with E-state index in [0.717, 1.165) is 32.7 Å². The Morgan fingerprint density at radius 2 is 1.96 bits per heavy atom. The van der Waals surface area contributed by atoms with Gasteiger partial charge in [0.15, 0.2) is 0 Å². The van der Waals surface area contributed by atoms with E-state index >= 15 is 0 Å². The van der Waals surface area contributed by atoms with Crippen LogP contribution in [0.5, 0.6) is 0 Å². The third-order valence-electron chi connectivity index (χ3n) is 4.60. The molecule has 0 spiro atoms. The SMILES string of the molecule is CC1Cc2c(cccc2N2CCOCC2)CN1C(=O)OC(C)(C)C. The molecule has 24 heavy (non-hydrogen) atoms. The second-order valence-corrected chi connectivity index (χ2v) is 7.68. The Bertz CT molecular complexity index is 603. The third kappa shape index (κ3) is 3.66. The summed E-state index contributed by atoms with van der Waals surface area (Å²) in [4.78, 5) is 16.7. The van der Waals surface area contributed by atoms with Gasteiger partial charge in [0, 0.05) is 31.4 Å². The van der Waals surface area contributed by atoms with E-state index in [4.69, 9.17) is 9.47 Å². The first kappa shape index (κ1) is 17.1. The van der Waals surface area contributed by atoms with Crippen LogP contribution in [0.4, 0.5) is 10.5 Å². The van der Waals surface area contributed by atoms with Gasteiger partial charge in [-0.1, -0.05) is 12.1 Å². The Labute approximate surface area is 144 Å². The van der Waals surface area contributed by atoms with Gasteiger partial charge in [0.25, 0.3) is 0 Å². The smallest absolute Gasteiger partial charge is 0.410 e. The Morgan fingerprint density at radius 1 is 1.25 bits per heavy atom. The number of rotatable bonds is 1. The zero-order chi connectivity index (χ0) is 17.3. The van der Waals surface area contributed by atoms with Crippen LogP contribution >= 0.6 is 0 Å². The number of carbonyl (C=O) groups is 1. The quantitative estimate of drug-likeness (QED) is 0.792. The number of benzene rings is 1. The van der Waals surface area contributed by atoms with E-state index in [1.54, 1.807) is 0 Å². The van der Waals surface area contributed by atoms with Gasteiger partial charge in [-0.2, -0.15) is 0 Å². The number of morpholine rings is 1. The van der Waals surface area contributed by atoms with Gasteiger partial charge in [-0.15, -0.1) is 0 Å². The largest absolute Gasteiger partial charge is 0.444 e. The molecule has 0 radical (unpaired) electrons. The molecule has 2 heterocycles. The van der Waals surface area contributed by atoms with E-state index in [-0.39, 0.29) is 12.1 Å². The molecule has 5 nitrogen and oxygen atoms in total. The Kier molecular flexibility index (Phi) is 4.72. The summed E-state index contributed by atoms with van der Waals surface area (Å²) in [6.45, 7) is 11.9. The van der Waals surface area contributed by atoms with Crippen molar-refractivity contribution < 1.29 is 14.3 Å². The van der Waals surface area contributed by atoms with Gasteiger partial charge >= 0.3 is 6.09 Å². The van der Waals surface area contributed by atoms with Crippen molar-refractivity contribution in [1.29, 1.82) is 0 Å². The highest BCUT2D eigenvalue weighted by atomic mass is 16.6. The molecule has 0 bridgehead atoms. The maximum absolute atomic E-state index is 12.5. The Hall–Kier alpha value is -1.75. The van der Waals surface area contributed by atoms with Gasteiger partial charge in [0.1, 0.15) is 5.60 Å². The van der Waals surface area contributed by atoms with Crippen LogP contribution in [0.1, 0.15) is 38.8 Å². The zero-order valence-corrected chi connectivity index (χ0v) is 15.2. The lowest BCUT2D eigenvalue weighted by Gasteiger charge is -2.39. The van der Waals surface area contributed by atoms with Crippen molar-refractivity contribution in [2.75, 3.05) is 31.2 Å². The fourth-order valence-electron chi connectivity index (χ4n) is 3.42. The van der Waals surface area contributed by atoms with Crippen molar-refractivity contribution in [3.63, 3.8) is 0 Å². The van der Waals surface area contributed by atoms with Crippen molar-refractivity contribution >= 4 is 11.8 Å². The molecule has 1 aromatic carbocycles. The van der Waals surface area contributed by atoms with Gasteiger partial charge < -0.3 is 19.3 Å². The Balaban J connectivity index is 1.82. The molecule has 132 valence electrons. The minimum Gasteiger partial charge on any atom is -0.444 e. The van der Waals surface area contributed by atoms with Crippen LogP contribution < -0.4 is 4.90 Å². The molecule has 2 aliphatic rings. The van der Waals surface area contributed by atoms with E-state index in [1.165, 1.54) is 16.8 Å². The van der Waals surface area contributed by atoms with E-state index in [0.29, 0.717) is 6.54 Å². The summed E-state index contributed by atoms with van der Waals surface area (Å²) >= 11 is 0. The van der Waals surface area contributed by atoms with E-state index in [2.05, 4.69) is 30.0 Å². The van der Waals surface area contributed by atoms with E-state index in [1.807, 2.05) is 25.7 Å². The number of nitrogens with zero attached hydrogens (tertiary/aromatic N) is 2. The topological polar surface area (TPSA) is 42.0 Å². The molecule has 1 unspecified atom stereocenters. The standard InChI is InChI=1S/C19H28N2O3/c1-14-12-16-15(13-21(14)18(22)24-19(2,3)4)6-5-7-17(16)20-8-10-23-11-9-20/h5-7,14H,8-13H2,1-4H3. The highest BCUT2D eigenvalue weighted by Crippen LogP contribution is 2.32. The number of anilines is 1. The molecule has 2 aliphatic heterocycles. The Morgan fingerprint density at radius 3 is 2.62 bits per heavy atom. The van der Waals surface area contributed by atoms with Crippen molar-refractivity contribution in [1.82, 2.24) is 4.90 Å². The molecule has 3 rings (SSSR count). The van der Waals surface area contributed by atoms with Gasteiger partial charge in [-0.05, 0) is 51.3 Å². The molecule has 0 N–H and O–H groups in total. The molecule has 1 amide bonds. The summed E-state index contributed by atoms with van der Waals surface area (Å²) < 4.78 is 11.0. The lowest BCUT2D eigenvalue weighted by atomic mass is 9.93. The summed E-state index contributed by atoms with van der Waals surface area (Å²) in [6, 6.07) is 6.55. The zero-order valence-electron chi connectivity index (χ0n) is 15.2. The van der Waals surface area contributed by atoms with E-state index < -0.39 is 5.60 Å². The van der Waals surface area contributed by atoms with Gasteiger partial charge in [-0.3, -0.25) is 0 Å². The van der Waals surface area contributed by atoms with Crippen molar-refractivity contribution in [2.24, 2.45) is 0 Å². The maximum atomic E-state index is 12.5. The average Bonchev–Trinajstić information content (AvgIpc) is 2.53. The number of hydrogen-bond acceptors (Lipinski definition) is 4. The van der Waals surface area contributed by atoms with Gasteiger partial charge in [0.2, 0.25) is 0 Å². The second kappa shape index (κ2) is 6.63. The van der Waals surface area contributed by atoms with Crippen molar-refractivity contribution in [2.45, 2.75) is 52.3 Å². The molecular weight excluding hydrogens is 304 g/mol. The molecular formula is C19H28N2O3. The average molecular weight is 332 g/mol. The molecule has 1 aromatic rings. The van der Waals surface area contributed by atoms with Crippen molar-refractivity contribution in [3.8, 4) is 0 Å². The van der Waals surface area contributed by atoms with Crippen LogP contribution in [0, 0.1) is 0 Å². The molecule has 1 saturated heterocycles. The first-order valence-electron chi connectivity index (χ1n) is 8.78. The first-order chi connectivity index (χ1) is 11.3. The number of amides is 1. The highest BCUT2D eigenvalue weighted by molar-refractivity contribution is 5.70. The normalized spacial score (nSPS) is 21.4. The number of fused-ring (bicyclic) bond motifs is 1.